The van der Waals surface area contributed by atoms with Crippen LogP contribution in [-0.2, 0) is 4.74 Å². The Balaban J connectivity index is 1.90. The summed E-state index contributed by atoms with van der Waals surface area (Å²) in [5.41, 5.74) is 3.28. The molecule has 3 nitrogen and oxygen atoms in total. The number of nitrogens with zero attached hydrogens (tertiary/aromatic N) is 1. The van der Waals surface area contributed by atoms with Gasteiger partial charge in [-0.25, -0.2) is 0 Å². The number of fused-ring (bicyclic) bond motifs is 1. The molecule has 1 aromatic carbocycles. The second-order valence-electron chi connectivity index (χ2n) is 5.38. The summed E-state index contributed by atoms with van der Waals surface area (Å²) in [6.45, 7) is 7.99. The number of aryl methyl sites for hydroxylation is 1. The number of benzene rings is 1. The Kier molecular flexibility index (Phi) is 5.36. The summed E-state index contributed by atoms with van der Waals surface area (Å²) in [5.74, 6) is 0. The van der Waals surface area contributed by atoms with E-state index in [1.54, 1.807) is 0 Å². The predicted octanol–water partition coefficient (Wildman–Crippen LogP) is 4.16. The number of nitrogens with one attached hydrogen (secondary N) is 1. The first kappa shape index (κ1) is 14.8. The van der Waals surface area contributed by atoms with Gasteiger partial charge < -0.3 is 10.1 Å². The largest absolute Gasteiger partial charge is 0.384 e. The fraction of sp³-hybridized carbons (Fsp3) is 0.471. The molecule has 0 atom stereocenters. The van der Waals surface area contributed by atoms with Crippen molar-refractivity contribution >= 4 is 16.6 Å². The lowest BCUT2D eigenvalue weighted by atomic mass is 10.1. The second-order valence-corrected chi connectivity index (χ2v) is 5.38. The van der Waals surface area contributed by atoms with Crippen LogP contribution in [0.3, 0.4) is 0 Å². The third-order valence-electron chi connectivity index (χ3n) is 3.18. The van der Waals surface area contributed by atoms with Crippen molar-refractivity contribution in [3.05, 3.63) is 36.0 Å². The number of hydrogen-bond acceptors (Lipinski definition) is 3. The first-order valence-corrected chi connectivity index (χ1v) is 7.38. The number of hydrogen-bond donors (Lipinski definition) is 1. The van der Waals surface area contributed by atoms with Crippen molar-refractivity contribution in [2.24, 2.45) is 0 Å². The van der Waals surface area contributed by atoms with E-state index in [9.17, 15) is 0 Å². The van der Waals surface area contributed by atoms with E-state index in [0.29, 0.717) is 6.10 Å². The molecule has 0 amide bonds. The molecule has 0 spiro atoms. The highest BCUT2D eigenvalue weighted by molar-refractivity contribution is 5.91. The summed E-state index contributed by atoms with van der Waals surface area (Å²) in [4.78, 5) is 4.55. The molecule has 0 unspecified atom stereocenters. The maximum atomic E-state index is 5.55. The quantitative estimate of drug-likeness (QED) is 0.768. The molecule has 0 saturated heterocycles. The number of ether oxygens (including phenoxy) is 1. The van der Waals surface area contributed by atoms with Crippen molar-refractivity contribution in [2.75, 3.05) is 18.5 Å². The number of unbranched alkanes of at least 4 members (excludes halogenated alkanes) is 1. The van der Waals surface area contributed by atoms with Gasteiger partial charge in [0.25, 0.3) is 0 Å². The van der Waals surface area contributed by atoms with E-state index >= 15 is 0 Å². The molecule has 2 aromatic rings. The Labute approximate surface area is 121 Å². The summed E-state index contributed by atoms with van der Waals surface area (Å²) >= 11 is 0. The van der Waals surface area contributed by atoms with Gasteiger partial charge in [0.05, 0.1) is 11.6 Å². The Morgan fingerprint density at radius 3 is 2.80 bits per heavy atom. The molecule has 2 rings (SSSR count). The molecule has 0 bridgehead atoms. The van der Waals surface area contributed by atoms with Gasteiger partial charge in [0.2, 0.25) is 0 Å². The number of para-hydroxylation sites is 1. The Bertz CT molecular complexity index is 552. The van der Waals surface area contributed by atoms with Gasteiger partial charge in [0.15, 0.2) is 0 Å². The lowest BCUT2D eigenvalue weighted by Crippen LogP contribution is -2.07. The van der Waals surface area contributed by atoms with Gasteiger partial charge in [0.1, 0.15) is 0 Å². The van der Waals surface area contributed by atoms with Crippen LogP contribution in [0.15, 0.2) is 30.3 Å². The third-order valence-corrected chi connectivity index (χ3v) is 3.18. The zero-order valence-corrected chi connectivity index (χ0v) is 12.6. The molecule has 0 aliphatic heterocycles. The minimum atomic E-state index is 0.328. The van der Waals surface area contributed by atoms with E-state index in [1.165, 1.54) is 11.1 Å². The van der Waals surface area contributed by atoms with Crippen LogP contribution in [0, 0.1) is 6.92 Å². The van der Waals surface area contributed by atoms with Gasteiger partial charge >= 0.3 is 0 Å². The topological polar surface area (TPSA) is 34.1 Å². The monoisotopic (exact) mass is 272 g/mol. The molecule has 0 radical (unpaired) electrons. The van der Waals surface area contributed by atoms with Gasteiger partial charge in [-0.2, -0.15) is 0 Å². The van der Waals surface area contributed by atoms with E-state index in [0.717, 1.165) is 37.2 Å². The van der Waals surface area contributed by atoms with E-state index in [4.69, 9.17) is 4.74 Å². The van der Waals surface area contributed by atoms with E-state index in [1.807, 2.05) is 13.0 Å². The molecule has 0 aliphatic carbocycles. The SMILES string of the molecule is Cc1cc(NCCCCOC(C)C)c2ccccc2n1. The Hall–Kier alpha value is -1.61. The van der Waals surface area contributed by atoms with Crippen molar-refractivity contribution < 1.29 is 4.74 Å². The highest BCUT2D eigenvalue weighted by Crippen LogP contribution is 2.22. The van der Waals surface area contributed by atoms with Crippen LogP contribution in [-0.4, -0.2) is 24.2 Å². The summed E-state index contributed by atoms with van der Waals surface area (Å²) in [7, 11) is 0. The summed E-state index contributed by atoms with van der Waals surface area (Å²) in [5, 5.41) is 4.71. The molecular formula is C17H24N2O. The average molecular weight is 272 g/mol. The van der Waals surface area contributed by atoms with Crippen LogP contribution in [0.1, 0.15) is 32.4 Å². The maximum absolute atomic E-state index is 5.55. The summed E-state index contributed by atoms with van der Waals surface area (Å²) < 4.78 is 5.55. The Morgan fingerprint density at radius 2 is 2.00 bits per heavy atom. The van der Waals surface area contributed by atoms with Gasteiger partial charge in [-0.3, -0.25) is 4.98 Å². The molecule has 1 aromatic heterocycles. The van der Waals surface area contributed by atoms with Gasteiger partial charge in [0, 0.05) is 29.9 Å². The molecule has 108 valence electrons. The average Bonchev–Trinajstić information content (AvgIpc) is 2.42. The fourth-order valence-corrected chi connectivity index (χ4v) is 2.22. The van der Waals surface area contributed by atoms with E-state index in [2.05, 4.69) is 48.4 Å². The van der Waals surface area contributed by atoms with Gasteiger partial charge in [-0.15, -0.1) is 0 Å². The molecule has 0 saturated carbocycles. The van der Waals surface area contributed by atoms with Crippen molar-refractivity contribution in [1.29, 1.82) is 0 Å². The van der Waals surface area contributed by atoms with E-state index in [-0.39, 0.29) is 0 Å². The molecule has 1 heterocycles. The van der Waals surface area contributed by atoms with Crippen LogP contribution in [0.25, 0.3) is 10.9 Å². The number of rotatable bonds is 7. The molecule has 20 heavy (non-hydrogen) atoms. The van der Waals surface area contributed by atoms with Crippen molar-refractivity contribution in [2.45, 2.75) is 39.7 Å². The fourth-order valence-electron chi connectivity index (χ4n) is 2.22. The second kappa shape index (κ2) is 7.25. The summed E-state index contributed by atoms with van der Waals surface area (Å²) in [6.07, 6.45) is 2.53. The van der Waals surface area contributed by atoms with Crippen molar-refractivity contribution in [3.8, 4) is 0 Å². The minimum absolute atomic E-state index is 0.328. The number of pyridine rings is 1. The zero-order chi connectivity index (χ0) is 14.4. The number of anilines is 1. The molecular weight excluding hydrogens is 248 g/mol. The first-order valence-electron chi connectivity index (χ1n) is 7.38. The molecule has 0 fully saturated rings. The minimum Gasteiger partial charge on any atom is -0.384 e. The van der Waals surface area contributed by atoms with Crippen LogP contribution >= 0.6 is 0 Å². The maximum Gasteiger partial charge on any atom is 0.0725 e. The van der Waals surface area contributed by atoms with Crippen LogP contribution in [0.4, 0.5) is 5.69 Å². The van der Waals surface area contributed by atoms with Crippen LogP contribution < -0.4 is 5.32 Å². The molecule has 1 N–H and O–H groups in total. The van der Waals surface area contributed by atoms with Crippen LogP contribution in [0.2, 0.25) is 0 Å². The third kappa shape index (κ3) is 4.20. The standard InChI is InChI=1S/C17H24N2O/c1-13(2)20-11-7-6-10-18-17-12-14(3)19-16-9-5-4-8-15(16)17/h4-5,8-9,12-13H,6-7,10-11H2,1-3H3,(H,18,19). The predicted molar refractivity (Wildman–Crippen MR) is 85.3 cm³/mol. The van der Waals surface area contributed by atoms with Crippen LogP contribution in [0.5, 0.6) is 0 Å². The lowest BCUT2D eigenvalue weighted by molar-refractivity contribution is 0.0765. The van der Waals surface area contributed by atoms with Gasteiger partial charge in [-0.05, 0) is 45.7 Å². The van der Waals surface area contributed by atoms with E-state index < -0.39 is 0 Å². The van der Waals surface area contributed by atoms with Crippen molar-refractivity contribution in [1.82, 2.24) is 4.98 Å². The Morgan fingerprint density at radius 1 is 1.20 bits per heavy atom. The molecule has 0 aliphatic rings. The lowest BCUT2D eigenvalue weighted by Gasteiger charge is -2.11. The first-order chi connectivity index (χ1) is 9.66. The van der Waals surface area contributed by atoms with Gasteiger partial charge in [-0.1, -0.05) is 18.2 Å². The summed E-state index contributed by atoms with van der Waals surface area (Å²) in [6, 6.07) is 10.4. The number of aromatic nitrogens is 1. The zero-order valence-electron chi connectivity index (χ0n) is 12.6. The highest BCUT2D eigenvalue weighted by atomic mass is 16.5. The molecule has 3 heteroatoms. The normalized spacial score (nSPS) is 11.2. The highest BCUT2D eigenvalue weighted by Gasteiger charge is 2.02. The smallest absolute Gasteiger partial charge is 0.0725 e. The van der Waals surface area contributed by atoms with Crippen molar-refractivity contribution in [3.63, 3.8) is 0 Å².